The van der Waals surface area contributed by atoms with Gasteiger partial charge in [-0.15, -0.1) is 0 Å². The summed E-state index contributed by atoms with van der Waals surface area (Å²) in [5.74, 6) is 0.342. The number of aryl methyl sites for hydroxylation is 1. The van der Waals surface area contributed by atoms with E-state index in [1.54, 1.807) is 13.0 Å². The molecule has 20 heavy (non-hydrogen) atoms. The molecular weight excluding hydrogens is 274 g/mol. The minimum absolute atomic E-state index is 0.281. The monoisotopic (exact) mass is 285 g/mol. The van der Waals surface area contributed by atoms with Crippen LogP contribution in [0.2, 0.25) is 0 Å². The van der Waals surface area contributed by atoms with Crippen molar-refractivity contribution in [3.63, 3.8) is 0 Å². The van der Waals surface area contributed by atoms with Crippen LogP contribution < -0.4 is 11.1 Å². The molecule has 0 saturated carbocycles. The Hall–Kier alpha value is -2.54. The van der Waals surface area contributed by atoms with Gasteiger partial charge in [0.15, 0.2) is 5.13 Å². The Morgan fingerprint density at radius 1 is 1.30 bits per heavy atom. The van der Waals surface area contributed by atoms with E-state index in [1.165, 1.54) is 23.7 Å². The highest BCUT2D eigenvalue weighted by Crippen LogP contribution is 2.27. The number of nitrogens with one attached hydrogen (secondary N) is 1. The fourth-order valence-corrected chi connectivity index (χ4v) is 2.58. The van der Waals surface area contributed by atoms with E-state index in [0.29, 0.717) is 22.2 Å². The van der Waals surface area contributed by atoms with Crippen molar-refractivity contribution >= 4 is 38.3 Å². The average Bonchev–Trinajstić information content (AvgIpc) is 2.80. The quantitative estimate of drug-likeness (QED) is 0.704. The molecule has 0 aliphatic heterocycles. The third-order valence-corrected chi connectivity index (χ3v) is 3.61. The zero-order valence-corrected chi connectivity index (χ0v) is 11.4. The van der Waals surface area contributed by atoms with Gasteiger partial charge < -0.3 is 5.73 Å². The zero-order chi connectivity index (χ0) is 14.1. The Labute approximate surface area is 118 Å². The zero-order valence-electron chi connectivity index (χ0n) is 10.6. The first-order valence-electron chi connectivity index (χ1n) is 5.88. The number of thiazole rings is 1. The number of hydrogen-bond donors (Lipinski definition) is 2. The second-order valence-corrected chi connectivity index (χ2v) is 5.25. The van der Waals surface area contributed by atoms with Gasteiger partial charge >= 0.3 is 0 Å². The fraction of sp³-hybridized carbons (Fsp3) is 0.0769. The van der Waals surface area contributed by atoms with Crippen LogP contribution in [0, 0.1) is 6.92 Å². The number of hydrogen-bond acceptors (Lipinski definition) is 6. The number of benzene rings is 1. The van der Waals surface area contributed by atoms with Gasteiger partial charge in [-0.2, -0.15) is 0 Å². The first kappa shape index (κ1) is 12.5. The molecule has 0 aliphatic carbocycles. The highest BCUT2D eigenvalue weighted by Gasteiger charge is 2.10. The molecule has 3 N–H and O–H groups in total. The minimum atomic E-state index is -0.281. The van der Waals surface area contributed by atoms with Gasteiger partial charge in [0.1, 0.15) is 5.82 Å². The number of nitrogens with two attached hydrogens (primary N) is 1. The highest BCUT2D eigenvalue weighted by molar-refractivity contribution is 7.22. The molecule has 1 aromatic carbocycles. The molecule has 2 aromatic heterocycles. The molecule has 100 valence electrons. The number of carbonyl (C=O) groups is 1. The second-order valence-electron chi connectivity index (χ2n) is 4.22. The SMILES string of the molecule is Cc1ncc(C(=O)Nc2nc3ccc(N)cc3s2)cn1. The van der Waals surface area contributed by atoms with Crippen molar-refractivity contribution in [3.05, 3.63) is 42.0 Å². The molecule has 0 radical (unpaired) electrons. The van der Waals surface area contributed by atoms with Crippen LogP contribution in [0.1, 0.15) is 16.2 Å². The van der Waals surface area contributed by atoms with Gasteiger partial charge in [0.2, 0.25) is 0 Å². The molecule has 2 heterocycles. The summed E-state index contributed by atoms with van der Waals surface area (Å²) in [5.41, 5.74) is 7.59. The molecule has 0 aliphatic rings. The number of aromatic nitrogens is 3. The van der Waals surface area contributed by atoms with E-state index < -0.39 is 0 Å². The van der Waals surface area contributed by atoms with E-state index >= 15 is 0 Å². The summed E-state index contributed by atoms with van der Waals surface area (Å²) in [6, 6.07) is 5.44. The number of rotatable bonds is 2. The molecule has 0 spiro atoms. The molecule has 0 atom stereocenters. The van der Waals surface area contributed by atoms with E-state index in [4.69, 9.17) is 5.73 Å². The Kier molecular flexibility index (Phi) is 3.03. The highest BCUT2D eigenvalue weighted by atomic mass is 32.1. The summed E-state index contributed by atoms with van der Waals surface area (Å²) in [7, 11) is 0. The van der Waals surface area contributed by atoms with Crippen LogP contribution in [-0.4, -0.2) is 20.9 Å². The van der Waals surface area contributed by atoms with Gasteiger partial charge in [0, 0.05) is 18.1 Å². The van der Waals surface area contributed by atoms with Crippen LogP contribution in [0.25, 0.3) is 10.2 Å². The predicted molar refractivity (Wildman–Crippen MR) is 78.8 cm³/mol. The Morgan fingerprint density at radius 3 is 2.80 bits per heavy atom. The van der Waals surface area contributed by atoms with Crippen LogP contribution >= 0.6 is 11.3 Å². The average molecular weight is 285 g/mol. The minimum Gasteiger partial charge on any atom is -0.399 e. The predicted octanol–water partition coefficient (Wildman–Crippen LogP) is 2.23. The van der Waals surface area contributed by atoms with Gasteiger partial charge in [0.25, 0.3) is 5.91 Å². The summed E-state index contributed by atoms with van der Waals surface area (Å²) in [6.07, 6.45) is 2.98. The van der Waals surface area contributed by atoms with Crippen molar-refractivity contribution in [3.8, 4) is 0 Å². The first-order valence-corrected chi connectivity index (χ1v) is 6.69. The normalized spacial score (nSPS) is 10.7. The maximum Gasteiger partial charge on any atom is 0.260 e. The maximum atomic E-state index is 12.0. The largest absolute Gasteiger partial charge is 0.399 e. The molecule has 3 rings (SSSR count). The van der Waals surface area contributed by atoms with Gasteiger partial charge in [0.05, 0.1) is 15.8 Å². The lowest BCUT2D eigenvalue weighted by Gasteiger charge is -2.00. The summed E-state index contributed by atoms with van der Waals surface area (Å²) in [6.45, 7) is 1.76. The standard InChI is InChI=1S/C13H11N5OS/c1-7-15-5-8(6-16-7)12(19)18-13-17-10-3-2-9(14)4-11(10)20-13/h2-6H,14H2,1H3,(H,17,18,19). The van der Waals surface area contributed by atoms with Crippen molar-refractivity contribution in [1.29, 1.82) is 0 Å². The molecule has 1 amide bonds. The second kappa shape index (κ2) is 4.86. The van der Waals surface area contributed by atoms with Crippen molar-refractivity contribution in [1.82, 2.24) is 15.0 Å². The molecule has 6 nitrogen and oxygen atoms in total. The third-order valence-electron chi connectivity index (χ3n) is 2.68. The van der Waals surface area contributed by atoms with Crippen LogP contribution in [0.5, 0.6) is 0 Å². The number of nitrogen functional groups attached to an aromatic ring is 1. The molecule has 3 aromatic rings. The van der Waals surface area contributed by atoms with Gasteiger partial charge in [-0.3, -0.25) is 10.1 Å². The van der Waals surface area contributed by atoms with Crippen LogP contribution in [0.3, 0.4) is 0 Å². The number of carbonyl (C=O) groups excluding carboxylic acids is 1. The molecular formula is C13H11N5OS. The molecule has 0 unspecified atom stereocenters. The fourth-order valence-electron chi connectivity index (χ4n) is 1.67. The van der Waals surface area contributed by atoms with Gasteiger partial charge in [-0.05, 0) is 25.1 Å². The number of nitrogens with zero attached hydrogens (tertiary/aromatic N) is 3. The first-order chi connectivity index (χ1) is 9.61. The van der Waals surface area contributed by atoms with E-state index in [2.05, 4.69) is 20.3 Å². The number of amides is 1. The van der Waals surface area contributed by atoms with Crippen molar-refractivity contribution in [2.45, 2.75) is 6.92 Å². The smallest absolute Gasteiger partial charge is 0.260 e. The molecule has 0 fully saturated rings. The molecule has 7 heteroatoms. The maximum absolute atomic E-state index is 12.0. The Morgan fingerprint density at radius 2 is 2.05 bits per heavy atom. The third kappa shape index (κ3) is 2.43. The van der Waals surface area contributed by atoms with Crippen molar-refractivity contribution in [2.24, 2.45) is 0 Å². The van der Waals surface area contributed by atoms with Gasteiger partial charge in [-0.1, -0.05) is 11.3 Å². The Bertz CT molecular complexity index is 781. The van der Waals surface area contributed by atoms with E-state index in [0.717, 1.165) is 10.2 Å². The van der Waals surface area contributed by atoms with Crippen LogP contribution in [-0.2, 0) is 0 Å². The number of anilines is 2. The van der Waals surface area contributed by atoms with E-state index in [-0.39, 0.29) is 5.91 Å². The number of fused-ring (bicyclic) bond motifs is 1. The lowest BCUT2D eigenvalue weighted by molar-refractivity contribution is 0.102. The summed E-state index contributed by atoms with van der Waals surface area (Å²) in [5, 5.41) is 3.26. The van der Waals surface area contributed by atoms with E-state index in [1.807, 2.05) is 12.1 Å². The van der Waals surface area contributed by atoms with Crippen LogP contribution in [0.4, 0.5) is 10.8 Å². The van der Waals surface area contributed by atoms with Crippen LogP contribution in [0.15, 0.2) is 30.6 Å². The lowest BCUT2D eigenvalue weighted by Crippen LogP contribution is -2.12. The summed E-state index contributed by atoms with van der Waals surface area (Å²) < 4.78 is 0.931. The van der Waals surface area contributed by atoms with Crippen molar-refractivity contribution < 1.29 is 4.79 Å². The van der Waals surface area contributed by atoms with E-state index in [9.17, 15) is 4.79 Å². The van der Waals surface area contributed by atoms with Crippen molar-refractivity contribution in [2.75, 3.05) is 11.1 Å². The Balaban J connectivity index is 1.85. The lowest BCUT2D eigenvalue weighted by atomic mass is 10.3. The molecule has 0 bridgehead atoms. The topological polar surface area (TPSA) is 93.8 Å². The molecule has 0 saturated heterocycles. The van der Waals surface area contributed by atoms with Gasteiger partial charge in [-0.25, -0.2) is 15.0 Å². The summed E-state index contributed by atoms with van der Waals surface area (Å²) >= 11 is 1.37. The summed E-state index contributed by atoms with van der Waals surface area (Å²) in [4.78, 5) is 24.3.